The summed E-state index contributed by atoms with van der Waals surface area (Å²) in [5.41, 5.74) is -1.23. The molecular weight excluding hydrogens is 338 g/mol. The van der Waals surface area contributed by atoms with E-state index in [0.717, 1.165) is 0 Å². The number of non-ortho nitro benzene ring substituents is 1. The van der Waals surface area contributed by atoms with Crippen LogP contribution in [0.3, 0.4) is 0 Å². The third kappa shape index (κ3) is 2.69. The predicted octanol–water partition coefficient (Wildman–Crippen LogP) is 4.09. The largest absolute Gasteiger partial charge is 0.477 e. The minimum Gasteiger partial charge on any atom is -0.477 e. The number of benzene rings is 1. The topological polar surface area (TPSA) is 57.3 Å². The summed E-state index contributed by atoms with van der Waals surface area (Å²) >= 11 is 5.25. The normalized spacial score (nSPS) is 15.2. The molecule has 0 bridgehead atoms. The van der Waals surface area contributed by atoms with E-state index in [4.69, 9.17) is 17.0 Å². The highest BCUT2D eigenvalue weighted by Gasteiger charge is 2.37. The number of aromatic nitrogens is 1. The zero-order valence-corrected chi connectivity index (χ0v) is 13.1. The molecule has 0 radical (unpaired) electrons. The van der Waals surface area contributed by atoms with Gasteiger partial charge < -0.3 is 9.30 Å². The van der Waals surface area contributed by atoms with E-state index in [1.165, 1.54) is 24.3 Å². The van der Waals surface area contributed by atoms with Crippen LogP contribution >= 0.6 is 12.2 Å². The summed E-state index contributed by atoms with van der Waals surface area (Å²) in [6.07, 6.45) is 2.91. The van der Waals surface area contributed by atoms with Gasteiger partial charge in [-0.1, -0.05) is 18.3 Å². The molecule has 24 heavy (non-hydrogen) atoms. The SMILES string of the molecule is O=[N+]([O-])c1ccc2c(c1)C(n1ccccc1=S)=CC(CF)(CF)O2. The monoisotopic (exact) mass is 350 g/mol. The minimum atomic E-state index is -1.77. The second-order valence-corrected chi connectivity index (χ2v) is 5.73. The van der Waals surface area contributed by atoms with Crippen LogP contribution < -0.4 is 4.74 Å². The Bertz CT molecular complexity index is 891. The number of nitrogens with zero attached hydrogens (tertiary/aromatic N) is 2. The molecule has 1 aromatic carbocycles. The van der Waals surface area contributed by atoms with Crippen molar-refractivity contribution in [1.29, 1.82) is 0 Å². The van der Waals surface area contributed by atoms with Crippen molar-refractivity contribution in [3.8, 4) is 5.75 Å². The van der Waals surface area contributed by atoms with Crippen molar-refractivity contribution < 1.29 is 18.4 Å². The van der Waals surface area contributed by atoms with Crippen molar-refractivity contribution in [2.45, 2.75) is 5.60 Å². The Labute approximate surface area is 141 Å². The molecule has 0 amide bonds. The summed E-state index contributed by atoms with van der Waals surface area (Å²) in [5.74, 6) is 0.166. The Morgan fingerprint density at radius 2 is 2.00 bits per heavy atom. The molecule has 8 heteroatoms. The van der Waals surface area contributed by atoms with E-state index in [1.54, 1.807) is 29.0 Å². The average molecular weight is 350 g/mol. The highest BCUT2D eigenvalue weighted by molar-refractivity contribution is 7.71. The second kappa shape index (κ2) is 6.12. The van der Waals surface area contributed by atoms with Crippen molar-refractivity contribution in [1.82, 2.24) is 4.57 Å². The number of nitro benzene ring substituents is 1. The molecule has 1 aliphatic rings. The molecule has 1 aliphatic heterocycles. The van der Waals surface area contributed by atoms with Gasteiger partial charge in [0.15, 0.2) is 5.60 Å². The van der Waals surface area contributed by atoms with E-state index in [1.807, 2.05) is 0 Å². The summed E-state index contributed by atoms with van der Waals surface area (Å²) in [5, 5.41) is 11.0. The summed E-state index contributed by atoms with van der Waals surface area (Å²) in [6, 6.07) is 8.95. The van der Waals surface area contributed by atoms with E-state index in [-0.39, 0.29) is 11.4 Å². The van der Waals surface area contributed by atoms with Crippen LogP contribution in [0.4, 0.5) is 14.5 Å². The first-order chi connectivity index (χ1) is 11.5. The van der Waals surface area contributed by atoms with Gasteiger partial charge in [-0.05, 0) is 24.3 Å². The average Bonchev–Trinajstić information content (AvgIpc) is 2.60. The van der Waals surface area contributed by atoms with Crippen LogP contribution in [0.2, 0.25) is 0 Å². The summed E-state index contributed by atoms with van der Waals surface area (Å²) in [7, 11) is 0. The maximum atomic E-state index is 13.5. The van der Waals surface area contributed by atoms with Gasteiger partial charge in [0.1, 0.15) is 23.7 Å². The minimum absolute atomic E-state index is 0.154. The molecule has 0 saturated heterocycles. The first-order valence-electron chi connectivity index (χ1n) is 7.00. The molecular formula is C16H12F2N2O3S. The second-order valence-electron chi connectivity index (χ2n) is 5.31. The lowest BCUT2D eigenvalue weighted by molar-refractivity contribution is -0.384. The smallest absolute Gasteiger partial charge is 0.270 e. The number of alkyl halides is 2. The molecule has 2 aromatic rings. The summed E-state index contributed by atoms with van der Waals surface area (Å²) < 4.78 is 34.3. The van der Waals surface area contributed by atoms with Gasteiger partial charge in [0.2, 0.25) is 0 Å². The van der Waals surface area contributed by atoms with E-state index < -0.39 is 23.9 Å². The molecule has 5 nitrogen and oxygen atoms in total. The highest BCUT2D eigenvalue weighted by Crippen LogP contribution is 2.39. The third-order valence-electron chi connectivity index (χ3n) is 3.70. The fourth-order valence-corrected chi connectivity index (χ4v) is 2.73. The van der Waals surface area contributed by atoms with Gasteiger partial charge in [-0.25, -0.2) is 8.78 Å². The van der Waals surface area contributed by atoms with Crippen LogP contribution in [0.25, 0.3) is 5.70 Å². The number of nitro groups is 1. The number of fused-ring (bicyclic) bond motifs is 1. The van der Waals surface area contributed by atoms with Crippen molar-refractivity contribution >= 4 is 23.6 Å². The first kappa shape index (κ1) is 16.3. The van der Waals surface area contributed by atoms with Crippen molar-refractivity contribution in [3.63, 3.8) is 0 Å². The Morgan fingerprint density at radius 1 is 1.25 bits per heavy atom. The number of ether oxygens (including phenoxy) is 1. The first-order valence-corrected chi connectivity index (χ1v) is 7.41. The molecule has 0 saturated carbocycles. The van der Waals surface area contributed by atoms with Gasteiger partial charge in [0, 0.05) is 23.9 Å². The number of hydrogen-bond donors (Lipinski definition) is 0. The highest BCUT2D eigenvalue weighted by atomic mass is 32.1. The van der Waals surface area contributed by atoms with E-state index in [2.05, 4.69) is 0 Å². The van der Waals surface area contributed by atoms with Gasteiger partial charge in [-0.2, -0.15) is 0 Å². The number of rotatable bonds is 4. The predicted molar refractivity (Wildman–Crippen MR) is 87.0 cm³/mol. The molecule has 3 rings (SSSR count). The fourth-order valence-electron chi connectivity index (χ4n) is 2.49. The maximum absolute atomic E-state index is 13.5. The lowest BCUT2D eigenvalue weighted by Gasteiger charge is -2.33. The Morgan fingerprint density at radius 3 is 2.62 bits per heavy atom. The Hall–Kier alpha value is -2.61. The molecule has 124 valence electrons. The van der Waals surface area contributed by atoms with Crippen molar-refractivity contribution in [3.05, 3.63) is 69.0 Å². The fraction of sp³-hybridized carbons (Fsp3) is 0.188. The Balaban J connectivity index is 2.28. The molecule has 0 aliphatic carbocycles. The van der Waals surface area contributed by atoms with Crippen LogP contribution in [-0.4, -0.2) is 28.4 Å². The van der Waals surface area contributed by atoms with Crippen LogP contribution in [0, 0.1) is 14.8 Å². The summed E-state index contributed by atoms with van der Waals surface area (Å²) in [4.78, 5) is 10.5. The van der Waals surface area contributed by atoms with Crippen LogP contribution in [-0.2, 0) is 0 Å². The lowest BCUT2D eigenvalue weighted by Crippen LogP contribution is -2.41. The van der Waals surface area contributed by atoms with E-state index in [0.29, 0.717) is 15.9 Å². The Kier molecular flexibility index (Phi) is 4.15. The molecule has 0 atom stereocenters. The molecule has 0 N–H and O–H groups in total. The van der Waals surface area contributed by atoms with Crippen LogP contribution in [0.1, 0.15) is 5.56 Å². The lowest BCUT2D eigenvalue weighted by atomic mass is 9.97. The van der Waals surface area contributed by atoms with Crippen LogP contribution in [0.5, 0.6) is 5.75 Å². The number of halogens is 2. The van der Waals surface area contributed by atoms with Gasteiger partial charge >= 0.3 is 0 Å². The quantitative estimate of drug-likeness (QED) is 0.473. The third-order valence-corrected chi connectivity index (χ3v) is 4.03. The summed E-state index contributed by atoms with van der Waals surface area (Å²) in [6.45, 7) is -2.16. The van der Waals surface area contributed by atoms with Crippen LogP contribution in [0.15, 0.2) is 48.7 Å². The molecule has 2 heterocycles. The standard InChI is InChI=1S/C16H12F2N2O3S/c17-9-16(10-18)8-13(19-6-2-1-3-15(19)24)12-7-11(20(21)22)4-5-14(12)23-16/h1-8H,9-10H2. The van der Waals surface area contributed by atoms with E-state index in [9.17, 15) is 18.9 Å². The maximum Gasteiger partial charge on any atom is 0.270 e. The van der Waals surface area contributed by atoms with Gasteiger partial charge in [0.25, 0.3) is 5.69 Å². The van der Waals surface area contributed by atoms with Crippen molar-refractivity contribution in [2.24, 2.45) is 0 Å². The van der Waals surface area contributed by atoms with E-state index >= 15 is 0 Å². The zero-order chi connectivity index (χ0) is 17.3. The molecule has 0 unspecified atom stereocenters. The number of pyridine rings is 1. The zero-order valence-electron chi connectivity index (χ0n) is 12.3. The van der Waals surface area contributed by atoms with Gasteiger partial charge in [-0.15, -0.1) is 0 Å². The van der Waals surface area contributed by atoms with Gasteiger partial charge in [0.05, 0.1) is 10.6 Å². The van der Waals surface area contributed by atoms with Gasteiger partial charge in [-0.3, -0.25) is 10.1 Å². The molecule has 0 spiro atoms. The number of hydrogen-bond acceptors (Lipinski definition) is 4. The molecule has 1 aromatic heterocycles. The molecule has 0 fully saturated rings. The van der Waals surface area contributed by atoms with Crippen molar-refractivity contribution in [2.75, 3.05) is 13.3 Å².